The first-order valence-corrected chi connectivity index (χ1v) is 10.2. The van der Waals surface area contributed by atoms with E-state index in [0.29, 0.717) is 17.4 Å². The largest absolute Gasteiger partial charge is 0.280 e. The summed E-state index contributed by atoms with van der Waals surface area (Å²) in [6.45, 7) is 0.406. The molecule has 0 N–H and O–H groups in total. The zero-order valence-corrected chi connectivity index (χ0v) is 17.1. The normalized spacial score (nSPS) is 10.6. The molecule has 0 saturated heterocycles. The Bertz CT molecular complexity index is 1070. The van der Waals surface area contributed by atoms with Crippen molar-refractivity contribution in [2.45, 2.75) is 6.54 Å². The van der Waals surface area contributed by atoms with E-state index in [4.69, 9.17) is 4.98 Å². The zero-order chi connectivity index (χ0) is 19.3. The smallest absolute Gasteiger partial charge is 0.278 e. The van der Waals surface area contributed by atoms with Crippen molar-refractivity contribution in [2.24, 2.45) is 0 Å². The van der Waals surface area contributed by atoms with E-state index >= 15 is 0 Å². The molecule has 5 nitrogen and oxygen atoms in total. The molecular weight excluding hydrogens is 436 g/mol. The van der Waals surface area contributed by atoms with Crippen molar-refractivity contribution in [1.29, 1.82) is 0 Å². The minimum absolute atomic E-state index is 0.228. The zero-order valence-electron chi connectivity index (χ0n) is 14.7. The van der Waals surface area contributed by atoms with Crippen molar-refractivity contribution in [3.63, 3.8) is 0 Å². The second-order valence-corrected chi connectivity index (χ2v) is 7.74. The van der Waals surface area contributed by atoms with Gasteiger partial charge in [-0.25, -0.2) is 9.97 Å². The van der Waals surface area contributed by atoms with Crippen molar-refractivity contribution < 1.29 is 4.79 Å². The highest BCUT2D eigenvalue weighted by molar-refractivity contribution is 9.10. The van der Waals surface area contributed by atoms with E-state index in [9.17, 15) is 4.79 Å². The third kappa shape index (κ3) is 4.16. The molecule has 2 heterocycles. The summed E-state index contributed by atoms with van der Waals surface area (Å²) < 4.78 is 1.01. The number of carbonyl (C=O) groups is 1. The number of nitrogens with zero attached hydrogens (tertiary/aromatic N) is 4. The van der Waals surface area contributed by atoms with Gasteiger partial charge >= 0.3 is 0 Å². The number of benzene rings is 2. The molecule has 0 radical (unpaired) electrons. The lowest BCUT2D eigenvalue weighted by molar-refractivity contribution is 0.0980. The van der Waals surface area contributed by atoms with Gasteiger partial charge in [-0.3, -0.25) is 14.7 Å². The molecule has 28 heavy (non-hydrogen) atoms. The molecule has 138 valence electrons. The number of aromatic nitrogens is 3. The SMILES string of the molecule is O=C(c1cnccn1)N(Cc1ccccc1)c1nc(-c2ccc(Br)cc2)cs1. The number of thiazole rings is 1. The average Bonchev–Trinajstić information content (AvgIpc) is 3.23. The summed E-state index contributed by atoms with van der Waals surface area (Å²) in [5, 5.41) is 2.58. The molecular formula is C21H15BrN4OS. The van der Waals surface area contributed by atoms with Crippen LogP contribution in [0.5, 0.6) is 0 Å². The van der Waals surface area contributed by atoms with Crippen LogP contribution in [-0.4, -0.2) is 20.9 Å². The third-order valence-electron chi connectivity index (χ3n) is 4.07. The fraction of sp³-hybridized carbons (Fsp3) is 0.0476. The number of hydrogen-bond acceptors (Lipinski definition) is 5. The first-order valence-electron chi connectivity index (χ1n) is 8.54. The second kappa shape index (κ2) is 8.41. The van der Waals surface area contributed by atoms with Crippen molar-refractivity contribution in [1.82, 2.24) is 15.0 Å². The molecule has 0 fully saturated rings. The van der Waals surface area contributed by atoms with Gasteiger partial charge in [0.15, 0.2) is 5.13 Å². The van der Waals surface area contributed by atoms with Gasteiger partial charge in [-0.2, -0.15) is 0 Å². The van der Waals surface area contributed by atoms with Gasteiger partial charge in [0, 0.05) is 27.8 Å². The Kier molecular flexibility index (Phi) is 5.55. The van der Waals surface area contributed by atoms with Crippen LogP contribution in [0.1, 0.15) is 16.1 Å². The van der Waals surface area contributed by atoms with Crippen LogP contribution in [0.3, 0.4) is 0 Å². The fourth-order valence-corrected chi connectivity index (χ4v) is 3.78. The quantitative estimate of drug-likeness (QED) is 0.418. The standard InChI is InChI=1S/C21H15BrN4OS/c22-17-8-6-16(7-9-17)19-14-28-21(25-19)26(13-15-4-2-1-3-5-15)20(27)18-12-23-10-11-24-18/h1-12,14H,13H2. The maximum absolute atomic E-state index is 13.1. The van der Waals surface area contributed by atoms with E-state index in [1.54, 1.807) is 11.1 Å². The Morgan fingerprint density at radius 1 is 1.04 bits per heavy atom. The van der Waals surface area contributed by atoms with Gasteiger partial charge in [-0.05, 0) is 17.7 Å². The van der Waals surface area contributed by atoms with Crippen molar-refractivity contribution in [3.05, 3.63) is 94.3 Å². The number of amides is 1. The van der Waals surface area contributed by atoms with Gasteiger partial charge in [0.05, 0.1) is 18.4 Å². The van der Waals surface area contributed by atoms with E-state index in [2.05, 4.69) is 25.9 Å². The van der Waals surface area contributed by atoms with Crippen molar-refractivity contribution in [3.8, 4) is 11.3 Å². The molecule has 0 atom stereocenters. The highest BCUT2D eigenvalue weighted by Crippen LogP contribution is 2.30. The predicted octanol–water partition coefficient (Wildman–Crippen LogP) is 5.21. The first-order chi connectivity index (χ1) is 13.7. The van der Waals surface area contributed by atoms with Crippen molar-refractivity contribution >= 4 is 38.3 Å². The molecule has 0 saturated carbocycles. The summed E-state index contributed by atoms with van der Waals surface area (Å²) in [5.74, 6) is -0.228. The van der Waals surface area contributed by atoms with Crippen LogP contribution in [0.15, 0.2) is 83.0 Å². The Hall–Kier alpha value is -2.90. The van der Waals surface area contributed by atoms with Gasteiger partial charge in [-0.15, -0.1) is 11.3 Å². The Balaban J connectivity index is 1.69. The van der Waals surface area contributed by atoms with Crippen LogP contribution >= 0.6 is 27.3 Å². The van der Waals surface area contributed by atoms with Crippen LogP contribution in [0.25, 0.3) is 11.3 Å². The first kappa shape index (κ1) is 18.5. The third-order valence-corrected chi connectivity index (χ3v) is 5.47. The Labute approximate surface area is 174 Å². The lowest BCUT2D eigenvalue weighted by Crippen LogP contribution is -2.31. The Morgan fingerprint density at radius 3 is 2.54 bits per heavy atom. The van der Waals surface area contributed by atoms with E-state index in [1.165, 1.54) is 23.7 Å². The number of anilines is 1. The second-order valence-electron chi connectivity index (χ2n) is 5.99. The summed E-state index contributed by atoms with van der Waals surface area (Å²) >= 11 is 4.88. The highest BCUT2D eigenvalue weighted by Gasteiger charge is 2.22. The molecule has 4 aromatic rings. The maximum Gasteiger partial charge on any atom is 0.280 e. The number of hydrogen-bond donors (Lipinski definition) is 0. The van der Waals surface area contributed by atoms with Crippen LogP contribution in [0.2, 0.25) is 0 Å². The van der Waals surface area contributed by atoms with Gasteiger partial charge in [0.2, 0.25) is 0 Å². The molecule has 0 unspecified atom stereocenters. The van der Waals surface area contributed by atoms with E-state index in [0.717, 1.165) is 21.3 Å². The van der Waals surface area contributed by atoms with Gasteiger partial charge in [0.25, 0.3) is 5.91 Å². The average molecular weight is 451 g/mol. The van der Waals surface area contributed by atoms with Crippen LogP contribution < -0.4 is 4.90 Å². The molecule has 2 aromatic carbocycles. The van der Waals surface area contributed by atoms with Gasteiger partial charge in [0.1, 0.15) is 5.69 Å². The van der Waals surface area contributed by atoms with E-state index in [-0.39, 0.29) is 5.91 Å². The fourth-order valence-electron chi connectivity index (χ4n) is 2.68. The van der Waals surface area contributed by atoms with Crippen LogP contribution in [0.4, 0.5) is 5.13 Å². The summed E-state index contributed by atoms with van der Waals surface area (Å²) in [5.41, 5.74) is 3.13. The van der Waals surface area contributed by atoms with E-state index < -0.39 is 0 Å². The molecule has 0 aliphatic heterocycles. The molecule has 4 rings (SSSR count). The Morgan fingerprint density at radius 2 is 1.82 bits per heavy atom. The topological polar surface area (TPSA) is 59.0 Å². The molecule has 2 aromatic heterocycles. The maximum atomic E-state index is 13.1. The molecule has 0 aliphatic rings. The lowest BCUT2D eigenvalue weighted by atomic mass is 10.2. The summed E-state index contributed by atoms with van der Waals surface area (Å²) in [6, 6.07) is 17.8. The van der Waals surface area contributed by atoms with E-state index in [1.807, 2.05) is 60.0 Å². The number of rotatable bonds is 5. The van der Waals surface area contributed by atoms with Gasteiger partial charge in [-0.1, -0.05) is 58.4 Å². The summed E-state index contributed by atoms with van der Waals surface area (Å²) in [4.78, 5) is 27.7. The molecule has 7 heteroatoms. The lowest BCUT2D eigenvalue weighted by Gasteiger charge is -2.19. The minimum Gasteiger partial charge on any atom is -0.278 e. The molecule has 0 spiro atoms. The van der Waals surface area contributed by atoms with Crippen LogP contribution in [-0.2, 0) is 6.54 Å². The minimum atomic E-state index is -0.228. The van der Waals surface area contributed by atoms with Crippen LogP contribution in [0, 0.1) is 0 Å². The predicted molar refractivity (Wildman–Crippen MR) is 114 cm³/mol. The molecule has 0 aliphatic carbocycles. The highest BCUT2D eigenvalue weighted by atomic mass is 79.9. The number of carbonyl (C=O) groups excluding carboxylic acids is 1. The van der Waals surface area contributed by atoms with Crippen molar-refractivity contribution in [2.75, 3.05) is 4.90 Å². The summed E-state index contributed by atoms with van der Waals surface area (Å²) in [7, 11) is 0. The molecule has 0 bridgehead atoms. The van der Waals surface area contributed by atoms with Gasteiger partial charge < -0.3 is 0 Å². The monoisotopic (exact) mass is 450 g/mol. The molecule has 1 amide bonds. The summed E-state index contributed by atoms with van der Waals surface area (Å²) in [6.07, 6.45) is 4.54. The number of halogens is 1.